The van der Waals surface area contributed by atoms with E-state index in [9.17, 15) is 4.79 Å². The predicted octanol–water partition coefficient (Wildman–Crippen LogP) is 3.08. The second-order valence-corrected chi connectivity index (χ2v) is 5.30. The molecule has 4 nitrogen and oxygen atoms in total. The van der Waals surface area contributed by atoms with Crippen LogP contribution in [-0.2, 0) is 13.1 Å². The van der Waals surface area contributed by atoms with Crippen LogP contribution in [0.2, 0.25) is 5.02 Å². The van der Waals surface area contributed by atoms with Gasteiger partial charge in [-0.3, -0.25) is 4.79 Å². The molecule has 21 heavy (non-hydrogen) atoms. The zero-order valence-corrected chi connectivity index (χ0v) is 13.2. The summed E-state index contributed by atoms with van der Waals surface area (Å²) in [5.74, 6) is 0. The molecule has 1 heterocycles. The van der Waals surface area contributed by atoms with E-state index in [1.807, 2.05) is 37.3 Å². The van der Waals surface area contributed by atoms with Gasteiger partial charge >= 0.3 is 0 Å². The Morgan fingerprint density at radius 3 is 2.57 bits per heavy atom. The average Bonchev–Trinajstić information content (AvgIpc) is 2.50. The van der Waals surface area contributed by atoms with E-state index in [0.29, 0.717) is 18.1 Å². The predicted molar refractivity (Wildman–Crippen MR) is 86.6 cm³/mol. The van der Waals surface area contributed by atoms with Crippen molar-refractivity contribution in [1.29, 1.82) is 0 Å². The summed E-state index contributed by atoms with van der Waals surface area (Å²) in [7, 11) is 0. The van der Waals surface area contributed by atoms with E-state index in [4.69, 9.17) is 11.6 Å². The fraction of sp³-hybridized carbons (Fsp3) is 0.375. The van der Waals surface area contributed by atoms with Gasteiger partial charge in [-0.1, -0.05) is 30.7 Å². The molecule has 0 saturated carbocycles. The molecule has 0 atom stereocenters. The summed E-state index contributed by atoms with van der Waals surface area (Å²) in [6, 6.07) is 9.35. The molecular formula is C16H20ClN3O. The molecule has 1 aromatic carbocycles. The average molecular weight is 306 g/mol. The number of nitrogens with zero attached hydrogens (tertiary/aromatic N) is 2. The molecule has 0 amide bonds. The number of rotatable bonds is 6. The SMILES string of the molecule is CCCNCc1cc(-c2ccc(Cl)cc2)nn(CC)c1=O. The van der Waals surface area contributed by atoms with Gasteiger partial charge in [-0.05, 0) is 38.1 Å². The van der Waals surface area contributed by atoms with Crippen molar-refractivity contribution >= 4 is 11.6 Å². The maximum absolute atomic E-state index is 12.3. The molecule has 0 saturated heterocycles. The van der Waals surface area contributed by atoms with Crippen LogP contribution in [0.25, 0.3) is 11.3 Å². The van der Waals surface area contributed by atoms with Gasteiger partial charge in [0.1, 0.15) is 0 Å². The van der Waals surface area contributed by atoms with Gasteiger partial charge < -0.3 is 5.32 Å². The molecule has 5 heteroatoms. The fourth-order valence-corrected chi connectivity index (χ4v) is 2.23. The third-order valence-electron chi connectivity index (χ3n) is 3.23. The number of hydrogen-bond donors (Lipinski definition) is 1. The molecule has 0 unspecified atom stereocenters. The van der Waals surface area contributed by atoms with Crippen molar-refractivity contribution in [3.05, 3.63) is 51.3 Å². The van der Waals surface area contributed by atoms with Crippen LogP contribution < -0.4 is 10.9 Å². The van der Waals surface area contributed by atoms with E-state index >= 15 is 0 Å². The third-order valence-corrected chi connectivity index (χ3v) is 3.48. The lowest BCUT2D eigenvalue weighted by Crippen LogP contribution is -2.29. The highest BCUT2D eigenvalue weighted by Crippen LogP contribution is 2.19. The maximum atomic E-state index is 12.3. The van der Waals surface area contributed by atoms with E-state index in [1.165, 1.54) is 4.68 Å². The Hall–Kier alpha value is -1.65. The molecule has 0 aliphatic carbocycles. The van der Waals surface area contributed by atoms with E-state index in [-0.39, 0.29) is 5.56 Å². The van der Waals surface area contributed by atoms with Crippen LogP contribution in [-0.4, -0.2) is 16.3 Å². The van der Waals surface area contributed by atoms with Crippen molar-refractivity contribution in [2.24, 2.45) is 0 Å². The lowest BCUT2D eigenvalue weighted by Gasteiger charge is -2.10. The molecule has 0 radical (unpaired) electrons. The molecule has 0 bridgehead atoms. The summed E-state index contributed by atoms with van der Waals surface area (Å²) in [5, 5.41) is 8.37. The van der Waals surface area contributed by atoms with Crippen LogP contribution in [0.4, 0.5) is 0 Å². The van der Waals surface area contributed by atoms with E-state index in [2.05, 4.69) is 17.3 Å². The lowest BCUT2D eigenvalue weighted by atomic mass is 10.1. The van der Waals surface area contributed by atoms with E-state index in [0.717, 1.165) is 29.8 Å². The standard InChI is InChI=1S/C16H20ClN3O/c1-3-9-18-11-13-10-15(19-20(4-2)16(13)21)12-5-7-14(17)8-6-12/h5-8,10,18H,3-4,9,11H2,1-2H3. The molecule has 112 valence electrons. The third kappa shape index (κ3) is 3.93. The Bertz CT molecular complexity index is 650. The van der Waals surface area contributed by atoms with Crippen molar-refractivity contribution in [2.75, 3.05) is 6.54 Å². The minimum atomic E-state index is -0.0289. The van der Waals surface area contributed by atoms with Crippen LogP contribution >= 0.6 is 11.6 Å². The maximum Gasteiger partial charge on any atom is 0.271 e. The summed E-state index contributed by atoms with van der Waals surface area (Å²) < 4.78 is 1.51. The van der Waals surface area contributed by atoms with Crippen LogP contribution in [0.1, 0.15) is 25.8 Å². The van der Waals surface area contributed by atoms with Gasteiger partial charge in [-0.25, -0.2) is 4.68 Å². The smallest absolute Gasteiger partial charge is 0.271 e. The van der Waals surface area contributed by atoms with Gasteiger partial charge in [-0.15, -0.1) is 0 Å². The molecule has 0 aliphatic heterocycles. The van der Waals surface area contributed by atoms with Crippen molar-refractivity contribution in [2.45, 2.75) is 33.4 Å². The number of benzene rings is 1. The first-order valence-corrected chi connectivity index (χ1v) is 7.61. The second kappa shape index (κ2) is 7.38. The summed E-state index contributed by atoms with van der Waals surface area (Å²) in [4.78, 5) is 12.3. The Balaban J connectivity index is 2.39. The highest BCUT2D eigenvalue weighted by Gasteiger charge is 2.09. The van der Waals surface area contributed by atoms with Crippen LogP contribution in [0, 0.1) is 0 Å². The summed E-state index contributed by atoms with van der Waals surface area (Å²) in [5.41, 5.74) is 2.46. The van der Waals surface area contributed by atoms with Crippen LogP contribution in [0.15, 0.2) is 35.1 Å². The molecule has 1 N–H and O–H groups in total. The van der Waals surface area contributed by atoms with Crippen molar-refractivity contribution in [3.8, 4) is 11.3 Å². The summed E-state index contributed by atoms with van der Waals surface area (Å²) in [6.45, 7) is 6.04. The molecule has 0 spiro atoms. The van der Waals surface area contributed by atoms with Crippen LogP contribution in [0.5, 0.6) is 0 Å². The topological polar surface area (TPSA) is 46.9 Å². The van der Waals surface area contributed by atoms with Crippen molar-refractivity contribution in [3.63, 3.8) is 0 Å². The van der Waals surface area contributed by atoms with E-state index < -0.39 is 0 Å². The minimum absolute atomic E-state index is 0.0289. The van der Waals surface area contributed by atoms with Gasteiger partial charge in [0.05, 0.1) is 5.69 Å². The highest BCUT2D eigenvalue weighted by atomic mass is 35.5. The number of aryl methyl sites for hydroxylation is 1. The first-order chi connectivity index (χ1) is 10.2. The zero-order valence-electron chi connectivity index (χ0n) is 12.4. The van der Waals surface area contributed by atoms with Crippen LogP contribution in [0.3, 0.4) is 0 Å². The Morgan fingerprint density at radius 1 is 1.24 bits per heavy atom. The molecule has 2 rings (SSSR count). The quantitative estimate of drug-likeness (QED) is 0.834. The Labute approximate surface area is 129 Å². The van der Waals surface area contributed by atoms with Gasteiger partial charge in [0.25, 0.3) is 5.56 Å². The normalized spacial score (nSPS) is 10.8. The Morgan fingerprint density at radius 2 is 1.95 bits per heavy atom. The molecule has 2 aromatic rings. The monoisotopic (exact) mass is 305 g/mol. The first kappa shape index (κ1) is 15.7. The first-order valence-electron chi connectivity index (χ1n) is 7.23. The number of aromatic nitrogens is 2. The van der Waals surface area contributed by atoms with Gasteiger partial charge in [0.15, 0.2) is 0 Å². The minimum Gasteiger partial charge on any atom is -0.312 e. The van der Waals surface area contributed by atoms with Crippen molar-refractivity contribution in [1.82, 2.24) is 15.1 Å². The van der Waals surface area contributed by atoms with Gasteiger partial charge in [-0.2, -0.15) is 5.10 Å². The molecular weight excluding hydrogens is 286 g/mol. The summed E-state index contributed by atoms with van der Waals surface area (Å²) >= 11 is 5.91. The number of nitrogens with one attached hydrogen (secondary N) is 1. The summed E-state index contributed by atoms with van der Waals surface area (Å²) in [6.07, 6.45) is 1.04. The highest BCUT2D eigenvalue weighted by molar-refractivity contribution is 6.30. The fourth-order valence-electron chi connectivity index (χ4n) is 2.10. The Kier molecular flexibility index (Phi) is 5.53. The molecule has 0 aliphatic rings. The van der Waals surface area contributed by atoms with E-state index in [1.54, 1.807) is 0 Å². The number of halogens is 1. The molecule has 0 fully saturated rings. The number of hydrogen-bond acceptors (Lipinski definition) is 3. The lowest BCUT2D eigenvalue weighted by molar-refractivity contribution is 0.596. The van der Waals surface area contributed by atoms with Gasteiger partial charge in [0, 0.05) is 29.2 Å². The zero-order chi connectivity index (χ0) is 15.2. The largest absolute Gasteiger partial charge is 0.312 e. The van der Waals surface area contributed by atoms with Gasteiger partial charge in [0.2, 0.25) is 0 Å². The second-order valence-electron chi connectivity index (χ2n) is 4.86. The van der Waals surface area contributed by atoms with Crippen molar-refractivity contribution < 1.29 is 0 Å². The molecule has 1 aromatic heterocycles.